The molecule has 0 bridgehead atoms. The summed E-state index contributed by atoms with van der Waals surface area (Å²) in [5, 5.41) is 0. The minimum absolute atomic E-state index is 0.188. The fourth-order valence-corrected chi connectivity index (χ4v) is 11.1. The van der Waals surface area contributed by atoms with Crippen LogP contribution in [-0.4, -0.2) is 42.9 Å². The van der Waals surface area contributed by atoms with Crippen LogP contribution < -0.4 is 9.80 Å². The summed E-state index contributed by atoms with van der Waals surface area (Å²) in [5.74, 6) is -0.627. The number of nitrogens with zero attached hydrogens (tertiary/aromatic N) is 2. The molecule has 0 aromatic heterocycles. The van der Waals surface area contributed by atoms with E-state index in [1.165, 1.54) is 6.07 Å². The number of benzene rings is 7. The van der Waals surface area contributed by atoms with Crippen LogP contribution in [0.2, 0.25) is 0 Å². The van der Waals surface area contributed by atoms with Crippen molar-refractivity contribution in [2.75, 3.05) is 22.9 Å². The van der Waals surface area contributed by atoms with Crippen LogP contribution in [0, 0.1) is 0 Å². The summed E-state index contributed by atoms with van der Waals surface area (Å²) in [4.78, 5) is 4.77. The summed E-state index contributed by atoms with van der Waals surface area (Å²) in [6.45, 7) is 5.43. The maximum absolute atomic E-state index is 13.6. The molecule has 1 N–H and O–H groups in total. The van der Waals surface area contributed by atoms with Crippen molar-refractivity contribution in [3.8, 4) is 0 Å². The zero-order valence-corrected chi connectivity index (χ0v) is 37.6. The van der Waals surface area contributed by atoms with Gasteiger partial charge in [0.15, 0.2) is 0 Å². The summed E-state index contributed by atoms with van der Waals surface area (Å²) < 4.78 is 90.6. The van der Waals surface area contributed by atoms with E-state index in [2.05, 4.69) is 23.6 Å². The van der Waals surface area contributed by atoms with Gasteiger partial charge >= 0.3 is 0 Å². The highest BCUT2D eigenvalue weighted by atomic mass is 32.2. The molecule has 0 aliphatic carbocycles. The number of sulfone groups is 2. The lowest BCUT2D eigenvalue weighted by Crippen LogP contribution is -2.19. The Kier molecular flexibility index (Phi) is 14.0. The summed E-state index contributed by atoms with van der Waals surface area (Å²) in [5.41, 5.74) is 4.99. The first-order valence-corrected chi connectivity index (χ1v) is 25.4. The van der Waals surface area contributed by atoms with E-state index in [0.717, 1.165) is 48.2 Å². The van der Waals surface area contributed by atoms with Crippen molar-refractivity contribution in [1.29, 1.82) is 0 Å². The Labute approximate surface area is 371 Å². The molecule has 0 atom stereocenters. The first-order valence-electron chi connectivity index (χ1n) is 20.9. The normalized spacial score (nSPS) is 12.0. The minimum Gasteiger partial charge on any atom is -0.341 e. The highest BCUT2D eigenvalue weighted by Gasteiger charge is 2.26. The molecule has 0 unspecified atom stereocenters. The second kappa shape index (κ2) is 19.6. The van der Waals surface area contributed by atoms with Crippen molar-refractivity contribution in [2.24, 2.45) is 0 Å². The summed E-state index contributed by atoms with van der Waals surface area (Å²) in [6, 6.07) is 52.5. The molecule has 0 aliphatic rings. The molecule has 9 nitrogen and oxygen atoms in total. The van der Waals surface area contributed by atoms with E-state index in [0.29, 0.717) is 30.0 Å². The van der Waals surface area contributed by atoms with Crippen LogP contribution in [0.25, 0.3) is 0 Å². The monoisotopic (exact) mass is 898 g/mol. The number of hydrogen-bond donors (Lipinski definition) is 1. The van der Waals surface area contributed by atoms with E-state index in [1.807, 2.05) is 60.7 Å². The van der Waals surface area contributed by atoms with Gasteiger partial charge in [-0.3, -0.25) is 4.55 Å². The third kappa shape index (κ3) is 10.1. The molecule has 0 saturated carbocycles. The second-order valence-corrected chi connectivity index (χ2v) is 20.6. The van der Waals surface area contributed by atoms with Crippen LogP contribution >= 0.6 is 0 Å². The van der Waals surface area contributed by atoms with Gasteiger partial charge in [-0.15, -0.1) is 0 Å². The molecule has 7 rings (SSSR count). The van der Waals surface area contributed by atoms with Crippen LogP contribution in [0.15, 0.2) is 206 Å². The van der Waals surface area contributed by atoms with Crippen LogP contribution in [-0.2, 0) is 29.8 Å². The quantitative estimate of drug-likeness (QED) is 0.0661. The van der Waals surface area contributed by atoms with Crippen LogP contribution in [0.3, 0.4) is 0 Å². The first kappa shape index (κ1) is 45.0. The first-order chi connectivity index (χ1) is 30.3. The van der Waals surface area contributed by atoms with E-state index >= 15 is 0 Å². The molecule has 0 saturated heterocycles. The molecule has 0 heterocycles. The molecular formula is C51H50N2O7S3. The zero-order chi connectivity index (χ0) is 44.6. The van der Waals surface area contributed by atoms with Gasteiger partial charge in [-0.05, 0) is 121 Å². The lowest BCUT2D eigenvalue weighted by atomic mass is 9.85. The van der Waals surface area contributed by atoms with Crippen molar-refractivity contribution in [2.45, 2.75) is 69.9 Å². The predicted molar refractivity (Wildman–Crippen MR) is 251 cm³/mol. The molecule has 0 fully saturated rings. The fourth-order valence-electron chi connectivity index (χ4n) is 7.75. The molecule has 0 aliphatic heterocycles. The topological polar surface area (TPSA) is 129 Å². The SMILES string of the molecule is CCCCN(c1ccc(C(c2ccc(N(CCCC)c3cccc(S(=O)(=O)c4ccccc4)c3)cc2)c2ccccc2S(=O)(=O)O)cc1)c1cccc(S(=O)(=O)c2ccccc2)c1. The maximum atomic E-state index is 13.6. The number of anilines is 4. The van der Waals surface area contributed by atoms with Crippen LogP contribution in [0.4, 0.5) is 22.7 Å². The van der Waals surface area contributed by atoms with Crippen LogP contribution in [0.1, 0.15) is 62.1 Å². The van der Waals surface area contributed by atoms with Crippen molar-refractivity contribution in [1.82, 2.24) is 0 Å². The Hall–Kier alpha value is -6.05. The van der Waals surface area contributed by atoms with E-state index in [9.17, 15) is 29.8 Å². The van der Waals surface area contributed by atoms with Gasteiger partial charge in [0.2, 0.25) is 19.7 Å². The third-order valence-electron chi connectivity index (χ3n) is 11.0. The van der Waals surface area contributed by atoms with Gasteiger partial charge in [-0.1, -0.05) is 118 Å². The smallest absolute Gasteiger partial charge is 0.294 e. The Morgan fingerprint density at radius 1 is 0.429 bits per heavy atom. The van der Waals surface area contributed by atoms with E-state index in [4.69, 9.17) is 0 Å². The molecule has 0 spiro atoms. The number of unbranched alkanes of at least 4 members (excludes halogenated alkanes) is 2. The molecule has 7 aromatic rings. The second-order valence-electron chi connectivity index (χ2n) is 15.3. The third-order valence-corrected chi connectivity index (χ3v) is 15.5. The molecule has 0 amide bonds. The van der Waals surface area contributed by atoms with Crippen molar-refractivity contribution >= 4 is 52.5 Å². The Balaban J connectivity index is 1.27. The highest BCUT2D eigenvalue weighted by Crippen LogP contribution is 2.39. The average molecular weight is 899 g/mol. The summed E-state index contributed by atoms with van der Waals surface area (Å²) >= 11 is 0. The number of rotatable bonds is 18. The van der Waals surface area contributed by atoms with Crippen molar-refractivity contribution in [3.63, 3.8) is 0 Å². The van der Waals surface area contributed by atoms with Gasteiger partial charge in [0.1, 0.15) is 0 Å². The largest absolute Gasteiger partial charge is 0.341 e. The van der Waals surface area contributed by atoms with Gasteiger partial charge in [0.05, 0.1) is 24.5 Å². The van der Waals surface area contributed by atoms with E-state index < -0.39 is 35.7 Å². The molecule has 0 radical (unpaired) electrons. The van der Waals surface area contributed by atoms with Gasteiger partial charge in [-0.25, -0.2) is 16.8 Å². The summed E-state index contributed by atoms with van der Waals surface area (Å²) in [7, 11) is -12.1. The Morgan fingerprint density at radius 3 is 1.21 bits per heavy atom. The Morgan fingerprint density at radius 2 is 0.810 bits per heavy atom. The van der Waals surface area contributed by atoms with Gasteiger partial charge in [-0.2, -0.15) is 8.42 Å². The lowest BCUT2D eigenvalue weighted by molar-refractivity contribution is 0.482. The molecule has 12 heteroatoms. The molecule has 7 aromatic carbocycles. The predicted octanol–water partition coefficient (Wildman–Crippen LogP) is 11.7. The van der Waals surface area contributed by atoms with E-state index in [1.54, 1.807) is 115 Å². The average Bonchev–Trinajstić information content (AvgIpc) is 3.31. The molecule has 324 valence electrons. The maximum Gasteiger partial charge on any atom is 0.294 e. The van der Waals surface area contributed by atoms with Crippen LogP contribution in [0.5, 0.6) is 0 Å². The van der Waals surface area contributed by atoms with Crippen molar-refractivity contribution < 1.29 is 29.8 Å². The molecular weight excluding hydrogens is 849 g/mol. The minimum atomic E-state index is -4.62. The fraction of sp³-hybridized carbons (Fsp3) is 0.176. The van der Waals surface area contributed by atoms with Gasteiger partial charge < -0.3 is 9.80 Å². The van der Waals surface area contributed by atoms with E-state index in [-0.39, 0.29) is 24.5 Å². The highest BCUT2D eigenvalue weighted by molar-refractivity contribution is 7.91. The summed E-state index contributed by atoms with van der Waals surface area (Å²) in [6.07, 6.45) is 3.51. The standard InChI is InChI=1S/C51H50N2O7S3/c1-3-5-35-52(43-17-15-23-47(37-43)61(54,55)45-19-9-7-10-20-45)41-31-27-39(28-32-41)51(49-25-13-14-26-50(49)63(58,59)60)40-29-33-42(34-30-40)53(36-6-4-2)44-18-16-24-48(38-44)62(56,57)46-21-11-8-12-22-46/h7-34,37-38,51H,3-6,35-36H2,1-2H3,(H,58,59,60). The van der Waals surface area contributed by atoms with Gasteiger partial charge in [0, 0.05) is 41.8 Å². The molecule has 63 heavy (non-hydrogen) atoms. The van der Waals surface area contributed by atoms with Gasteiger partial charge in [0.25, 0.3) is 10.1 Å². The lowest BCUT2D eigenvalue weighted by Gasteiger charge is -2.28. The zero-order valence-electron chi connectivity index (χ0n) is 35.2. The number of hydrogen-bond acceptors (Lipinski definition) is 8. The Bertz CT molecular complexity index is 2810. The van der Waals surface area contributed by atoms with Crippen molar-refractivity contribution in [3.05, 3.63) is 199 Å².